The second kappa shape index (κ2) is 6.67. The number of nitrogens with zero attached hydrogens (tertiary/aromatic N) is 1. The Bertz CT molecular complexity index is 981. The van der Waals surface area contributed by atoms with E-state index in [0.717, 1.165) is 26.9 Å². The minimum absolute atomic E-state index is 0.383. The van der Waals surface area contributed by atoms with E-state index in [9.17, 15) is 0 Å². The van der Waals surface area contributed by atoms with Gasteiger partial charge >= 0.3 is 0 Å². The quantitative estimate of drug-likeness (QED) is 0.648. The average Bonchev–Trinajstić information content (AvgIpc) is 2.96. The highest BCUT2D eigenvalue weighted by molar-refractivity contribution is 9.10. The predicted molar refractivity (Wildman–Crippen MR) is 106 cm³/mol. The molecule has 1 aliphatic rings. The molecule has 0 amide bonds. The summed E-state index contributed by atoms with van der Waals surface area (Å²) in [6.45, 7) is 0. The number of pyridine rings is 1. The van der Waals surface area contributed by atoms with Crippen molar-refractivity contribution in [2.75, 3.05) is 7.11 Å². The van der Waals surface area contributed by atoms with E-state index in [1.165, 1.54) is 0 Å². The molecular weight excluding hydrogens is 414 g/mol. The van der Waals surface area contributed by atoms with Crippen LogP contribution in [0.3, 0.4) is 0 Å². The fourth-order valence-electron chi connectivity index (χ4n) is 3.63. The molecule has 2 unspecified atom stereocenters. The Kier molecular flexibility index (Phi) is 4.49. The Morgan fingerprint density at radius 2 is 1.96 bits per heavy atom. The topological polar surface area (TPSA) is 60.2 Å². The van der Waals surface area contributed by atoms with E-state index >= 15 is 0 Å². The smallest absolute Gasteiger partial charge is 0.137 e. The van der Waals surface area contributed by atoms with E-state index in [4.69, 9.17) is 22.1 Å². The molecule has 1 aromatic heterocycles. The van der Waals surface area contributed by atoms with Gasteiger partial charge in [-0.3, -0.25) is 10.3 Å². The van der Waals surface area contributed by atoms with Crippen LogP contribution in [0.4, 0.5) is 0 Å². The van der Waals surface area contributed by atoms with Crippen molar-refractivity contribution < 1.29 is 4.74 Å². The summed E-state index contributed by atoms with van der Waals surface area (Å²) < 4.78 is 6.30. The third-order valence-corrected chi connectivity index (χ3v) is 5.54. The Morgan fingerprint density at radius 1 is 1.15 bits per heavy atom. The lowest BCUT2D eigenvalue weighted by Crippen LogP contribution is -2.42. The monoisotopic (exact) mass is 429 g/mol. The summed E-state index contributed by atoms with van der Waals surface area (Å²) in [5.74, 6) is 0.633. The van der Waals surface area contributed by atoms with Crippen LogP contribution in [0.2, 0.25) is 5.02 Å². The van der Waals surface area contributed by atoms with Crippen LogP contribution in [0, 0.1) is 0 Å². The van der Waals surface area contributed by atoms with Crippen molar-refractivity contribution in [3.05, 3.63) is 92.7 Å². The SMILES string of the molecule is COc1ccc(C2(c3cccc(Br)c3)NC(N)c3ncccc32)cc1Cl. The molecule has 0 bridgehead atoms. The molecule has 0 spiro atoms. The fourth-order valence-corrected chi connectivity index (χ4v) is 4.28. The van der Waals surface area contributed by atoms with Crippen LogP contribution in [0.1, 0.15) is 28.6 Å². The van der Waals surface area contributed by atoms with Gasteiger partial charge in [0.1, 0.15) is 11.9 Å². The van der Waals surface area contributed by atoms with E-state index < -0.39 is 5.54 Å². The van der Waals surface area contributed by atoms with Crippen LogP contribution in [0.25, 0.3) is 0 Å². The maximum Gasteiger partial charge on any atom is 0.137 e. The zero-order valence-corrected chi connectivity index (χ0v) is 16.4. The van der Waals surface area contributed by atoms with Gasteiger partial charge in [-0.2, -0.15) is 0 Å². The Hall–Kier alpha value is -1.92. The Labute approximate surface area is 165 Å². The van der Waals surface area contributed by atoms with Gasteiger partial charge in [0, 0.05) is 16.2 Å². The van der Waals surface area contributed by atoms with Crippen LogP contribution in [-0.4, -0.2) is 12.1 Å². The van der Waals surface area contributed by atoms with E-state index in [1.807, 2.05) is 36.4 Å². The Morgan fingerprint density at radius 3 is 2.69 bits per heavy atom. The molecule has 4 nitrogen and oxygen atoms in total. The van der Waals surface area contributed by atoms with Crippen molar-refractivity contribution >= 4 is 27.5 Å². The van der Waals surface area contributed by atoms with Gasteiger partial charge in [0.05, 0.1) is 23.4 Å². The molecule has 0 radical (unpaired) electrons. The number of hydrogen-bond acceptors (Lipinski definition) is 4. The highest BCUT2D eigenvalue weighted by Gasteiger charge is 2.46. The molecule has 0 aliphatic carbocycles. The summed E-state index contributed by atoms with van der Waals surface area (Å²) in [4.78, 5) is 4.51. The first-order valence-electron chi connectivity index (χ1n) is 8.15. The molecule has 4 rings (SSSR count). The van der Waals surface area contributed by atoms with E-state index in [-0.39, 0.29) is 6.17 Å². The van der Waals surface area contributed by atoms with Crippen LogP contribution in [-0.2, 0) is 5.54 Å². The van der Waals surface area contributed by atoms with Crippen molar-refractivity contribution in [1.29, 1.82) is 0 Å². The summed E-state index contributed by atoms with van der Waals surface area (Å²) >= 11 is 10.0. The molecule has 1 aliphatic heterocycles. The Balaban J connectivity index is 2.02. The molecule has 2 heterocycles. The molecule has 2 atom stereocenters. The fraction of sp³-hybridized carbons (Fsp3) is 0.150. The summed E-state index contributed by atoms with van der Waals surface area (Å²) in [7, 11) is 1.61. The average molecular weight is 431 g/mol. The lowest BCUT2D eigenvalue weighted by atomic mass is 9.78. The van der Waals surface area contributed by atoms with Gasteiger partial charge in [0.25, 0.3) is 0 Å². The predicted octanol–water partition coefficient (Wildman–Crippen LogP) is 4.36. The number of aromatic nitrogens is 1. The molecule has 0 saturated carbocycles. The number of fused-ring (bicyclic) bond motifs is 1. The number of nitrogens with one attached hydrogen (secondary N) is 1. The molecule has 3 N–H and O–H groups in total. The second-order valence-electron chi connectivity index (χ2n) is 6.17. The maximum atomic E-state index is 6.44. The van der Waals surface area contributed by atoms with Gasteiger partial charge in [-0.25, -0.2) is 0 Å². The first-order chi connectivity index (χ1) is 12.6. The lowest BCUT2D eigenvalue weighted by molar-refractivity contribution is 0.413. The summed E-state index contributed by atoms with van der Waals surface area (Å²) in [6.07, 6.45) is 1.38. The normalized spacial score (nSPS) is 21.5. The zero-order valence-electron chi connectivity index (χ0n) is 14.0. The molecule has 2 aromatic carbocycles. The first-order valence-corrected chi connectivity index (χ1v) is 9.32. The molecule has 0 saturated heterocycles. The standard InChI is InChI=1S/C20H17BrClN3O/c1-26-17-8-7-13(11-16(17)22)20(12-4-2-5-14(21)10-12)15-6-3-9-24-18(15)19(23)25-20/h2-11,19,25H,23H2,1H3. The van der Waals surface area contributed by atoms with Crippen LogP contribution < -0.4 is 15.8 Å². The number of nitrogens with two attached hydrogens (primary N) is 1. The molecule has 3 aromatic rings. The van der Waals surface area contributed by atoms with Gasteiger partial charge in [0.15, 0.2) is 0 Å². The van der Waals surface area contributed by atoms with Crippen molar-refractivity contribution in [3.8, 4) is 5.75 Å². The van der Waals surface area contributed by atoms with E-state index in [2.05, 4.69) is 44.4 Å². The highest BCUT2D eigenvalue weighted by atomic mass is 79.9. The van der Waals surface area contributed by atoms with Crippen LogP contribution >= 0.6 is 27.5 Å². The summed E-state index contributed by atoms with van der Waals surface area (Å²) in [5.41, 5.74) is 9.62. The zero-order chi connectivity index (χ0) is 18.3. The number of rotatable bonds is 3. The van der Waals surface area contributed by atoms with E-state index in [1.54, 1.807) is 13.3 Å². The molecule has 132 valence electrons. The van der Waals surface area contributed by atoms with Crippen molar-refractivity contribution in [2.24, 2.45) is 5.73 Å². The maximum absolute atomic E-state index is 6.44. The molecular formula is C20H17BrClN3O. The number of hydrogen-bond donors (Lipinski definition) is 2. The van der Waals surface area contributed by atoms with Gasteiger partial charge in [-0.15, -0.1) is 0 Å². The summed E-state index contributed by atoms with van der Waals surface area (Å²) in [5, 5.41) is 4.10. The van der Waals surface area contributed by atoms with Gasteiger partial charge < -0.3 is 10.5 Å². The number of halogens is 2. The number of ether oxygens (including phenoxy) is 1. The molecule has 6 heteroatoms. The van der Waals surface area contributed by atoms with Crippen LogP contribution in [0.15, 0.2) is 65.3 Å². The van der Waals surface area contributed by atoms with Crippen molar-refractivity contribution in [2.45, 2.75) is 11.7 Å². The largest absolute Gasteiger partial charge is 0.495 e. The van der Waals surface area contributed by atoms with Crippen LogP contribution in [0.5, 0.6) is 5.75 Å². The number of methoxy groups -OCH3 is 1. The molecule has 0 fully saturated rings. The molecule has 26 heavy (non-hydrogen) atoms. The first kappa shape index (κ1) is 17.5. The van der Waals surface area contributed by atoms with Crippen molar-refractivity contribution in [1.82, 2.24) is 10.3 Å². The third-order valence-electron chi connectivity index (χ3n) is 4.75. The van der Waals surface area contributed by atoms with E-state index in [0.29, 0.717) is 10.8 Å². The highest BCUT2D eigenvalue weighted by Crippen LogP contribution is 2.46. The minimum atomic E-state index is -0.650. The van der Waals surface area contributed by atoms with Crippen molar-refractivity contribution in [3.63, 3.8) is 0 Å². The second-order valence-corrected chi connectivity index (χ2v) is 7.49. The van der Waals surface area contributed by atoms with Gasteiger partial charge in [-0.1, -0.05) is 51.8 Å². The summed E-state index contributed by atoms with van der Waals surface area (Å²) in [6, 6.07) is 17.9. The lowest BCUT2D eigenvalue weighted by Gasteiger charge is -2.33. The number of benzene rings is 2. The third kappa shape index (κ3) is 2.63. The minimum Gasteiger partial charge on any atom is -0.495 e. The van der Waals surface area contributed by atoms with Gasteiger partial charge in [-0.05, 0) is 41.5 Å². The van der Waals surface area contributed by atoms with Gasteiger partial charge in [0.2, 0.25) is 0 Å².